The maximum Gasteiger partial charge on any atom is 0.000133 e. The minimum Gasteiger partial charge on any atom is -0.306 e. The van der Waals surface area contributed by atoms with E-state index >= 15 is 0 Å². The van der Waals surface area contributed by atoms with Gasteiger partial charge in [-0.1, -0.05) is 59.3 Å². The summed E-state index contributed by atoms with van der Waals surface area (Å²) in [4.78, 5) is 2.47. The van der Waals surface area contributed by atoms with Crippen molar-refractivity contribution in [2.75, 3.05) is 20.1 Å². The Balaban J connectivity index is 3.09. The molecule has 0 spiro atoms. The summed E-state index contributed by atoms with van der Waals surface area (Å²) >= 11 is 0. The first-order chi connectivity index (χ1) is 7.16. The third-order valence-electron chi connectivity index (χ3n) is 2.82. The van der Waals surface area contributed by atoms with Crippen LogP contribution in [-0.2, 0) is 0 Å². The number of rotatable bonds is 10. The van der Waals surface area contributed by atoms with Crippen molar-refractivity contribution in [3.8, 4) is 0 Å². The minimum atomic E-state index is 0.805. The fourth-order valence-electron chi connectivity index (χ4n) is 2.05. The van der Waals surface area contributed by atoms with Crippen LogP contribution < -0.4 is 0 Å². The van der Waals surface area contributed by atoms with Crippen molar-refractivity contribution in [3.05, 3.63) is 0 Å². The van der Waals surface area contributed by atoms with Crippen LogP contribution in [0.25, 0.3) is 0 Å². The summed E-state index contributed by atoms with van der Waals surface area (Å²) in [6, 6.07) is 0. The average Bonchev–Trinajstić information content (AvgIpc) is 2.15. The summed E-state index contributed by atoms with van der Waals surface area (Å²) < 4.78 is 0. The molecule has 0 heterocycles. The van der Waals surface area contributed by atoms with E-state index in [2.05, 4.69) is 32.7 Å². The third kappa shape index (κ3) is 11.9. The highest BCUT2D eigenvalue weighted by Gasteiger charge is 2.00. The summed E-state index contributed by atoms with van der Waals surface area (Å²) in [5.74, 6) is 0.805. The Morgan fingerprint density at radius 3 is 1.93 bits per heavy atom. The zero-order valence-corrected chi connectivity index (χ0v) is 11.4. The van der Waals surface area contributed by atoms with Gasteiger partial charge in [0.1, 0.15) is 0 Å². The van der Waals surface area contributed by atoms with E-state index in [1.165, 1.54) is 58.0 Å². The zero-order chi connectivity index (χ0) is 11.5. The standard InChI is InChI=1S/C14H31N/c1-5-6-7-8-9-10-11-12-15(4)13-14(2)3/h14H,5-13H2,1-4H3. The lowest BCUT2D eigenvalue weighted by Gasteiger charge is -2.18. The van der Waals surface area contributed by atoms with Gasteiger partial charge in [0.15, 0.2) is 0 Å². The minimum absolute atomic E-state index is 0.805. The molecular formula is C14H31N. The first kappa shape index (κ1) is 15.0. The van der Waals surface area contributed by atoms with E-state index in [4.69, 9.17) is 0 Å². The summed E-state index contributed by atoms with van der Waals surface area (Å²) in [6.07, 6.45) is 9.92. The van der Waals surface area contributed by atoms with Crippen molar-refractivity contribution < 1.29 is 0 Å². The molecule has 0 aromatic rings. The second kappa shape index (κ2) is 10.5. The first-order valence-electron chi connectivity index (χ1n) is 6.85. The van der Waals surface area contributed by atoms with Gasteiger partial charge in [0.2, 0.25) is 0 Å². The molecule has 0 radical (unpaired) electrons. The Morgan fingerprint density at radius 1 is 0.867 bits per heavy atom. The molecule has 92 valence electrons. The Bertz CT molecular complexity index is 121. The van der Waals surface area contributed by atoms with Gasteiger partial charge in [-0.15, -0.1) is 0 Å². The third-order valence-corrected chi connectivity index (χ3v) is 2.82. The van der Waals surface area contributed by atoms with Crippen molar-refractivity contribution in [1.82, 2.24) is 4.90 Å². The van der Waals surface area contributed by atoms with E-state index in [0.29, 0.717) is 0 Å². The zero-order valence-electron chi connectivity index (χ0n) is 11.4. The highest BCUT2D eigenvalue weighted by Crippen LogP contribution is 2.07. The van der Waals surface area contributed by atoms with Gasteiger partial charge >= 0.3 is 0 Å². The van der Waals surface area contributed by atoms with Crippen LogP contribution in [0.3, 0.4) is 0 Å². The smallest absolute Gasteiger partial charge is 0.000133 e. The summed E-state index contributed by atoms with van der Waals surface area (Å²) in [7, 11) is 2.25. The summed E-state index contributed by atoms with van der Waals surface area (Å²) in [5.41, 5.74) is 0. The summed E-state index contributed by atoms with van der Waals surface area (Å²) in [5, 5.41) is 0. The topological polar surface area (TPSA) is 3.24 Å². The monoisotopic (exact) mass is 213 g/mol. The van der Waals surface area contributed by atoms with Crippen LogP contribution in [0.4, 0.5) is 0 Å². The lowest BCUT2D eigenvalue weighted by molar-refractivity contribution is 0.288. The predicted molar refractivity (Wildman–Crippen MR) is 70.3 cm³/mol. The van der Waals surface area contributed by atoms with Crippen LogP contribution >= 0.6 is 0 Å². The molecule has 1 heteroatoms. The molecule has 1 nitrogen and oxygen atoms in total. The van der Waals surface area contributed by atoms with Gasteiger partial charge in [-0.05, 0) is 25.9 Å². The molecule has 0 saturated heterocycles. The van der Waals surface area contributed by atoms with Crippen LogP contribution in [0, 0.1) is 5.92 Å². The van der Waals surface area contributed by atoms with Gasteiger partial charge in [0, 0.05) is 6.54 Å². The maximum absolute atomic E-state index is 2.47. The van der Waals surface area contributed by atoms with Gasteiger partial charge in [-0.25, -0.2) is 0 Å². The average molecular weight is 213 g/mol. The van der Waals surface area contributed by atoms with Crippen LogP contribution in [-0.4, -0.2) is 25.0 Å². The number of hydrogen-bond acceptors (Lipinski definition) is 1. The van der Waals surface area contributed by atoms with Crippen LogP contribution in [0.1, 0.15) is 65.7 Å². The van der Waals surface area contributed by atoms with Crippen molar-refractivity contribution in [3.63, 3.8) is 0 Å². The number of hydrogen-bond donors (Lipinski definition) is 0. The molecule has 0 bridgehead atoms. The van der Waals surface area contributed by atoms with Gasteiger partial charge < -0.3 is 4.90 Å². The molecule has 0 aliphatic carbocycles. The van der Waals surface area contributed by atoms with Gasteiger partial charge in [0.05, 0.1) is 0 Å². The number of unbranched alkanes of at least 4 members (excludes halogenated alkanes) is 6. The molecule has 0 aromatic heterocycles. The molecule has 0 rings (SSSR count). The lowest BCUT2D eigenvalue weighted by atomic mass is 10.1. The van der Waals surface area contributed by atoms with E-state index < -0.39 is 0 Å². The molecule has 0 fully saturated rings. The lowest BCUT2D eigenvalue weighted by Crippen LogP contribution is -2.24. The molecule has 0 saturated carbocycles. The number of nitrogens with zero attached hydrogens (tertiary/aromatic N) is 1. The van der Waals surface area contributed by atoms with Gasteiger partial charge in [0.25, 0.3) is 0 Å². The van der Waals surface area contributed by atoms with E-state index in [1.807, 2.05) is 0 Å². The maximum atomic E-state index is 2.47. The molecule has 15 heavy (non-hydrogen) atoms. The Hall–Kier alpha value is -0.0400. The largest absolute Gasteiger partial charge is 0.306 e. The molecule has 0 aliphatic rings. The molecule has 0 N–H and O–H groups in total. The van der Waals surface area contributed by atoms with E-state index in [9.17, 15) is 0 Å². The predicted octanol–water partition coefficient (Wildman–Crippen LogP) is 4.32. The molecule has 0 amide bonds. The Morgan fingerprint density at radius 2 is 1.40 bits per heavy atom. The quantitative estimate of drug-likeness (QED) is 0.488. The van der Waals surface area contributed by atoms with Crippen LogP contribution in [0.5, 0.6) is 0 Å². The van der Waals surface area contributed by atoms with Crippen molar-refractivity contribution >= 4 is 0 Å². The van der Waals surface area contributed by atoms with E-state index in [1.54, 1.807) is 0 Å². The molecular weight excluding hydrogens is 182 g/mol. The molecule has 0 aliphatic heterocycles. The normalized spacial score (nSPS) is 11.6. The highest BCUT2D eigenvalue weighted by molar-refractivity contribution is 4.55. The van der Waals surface area contributed by atoms with Gasteiger partial charge in [-0.2, -0.15) is 0 Å². The Labute approximate surface area is 97.2 Å². The summed E-state index contributed by atoms with van der Waals surface area (Å²) in [6.45, 7) is 9.39. The second-order valence-electron chi connectivity index (χ2n) is 5.28. The molecule has 0 unspecified atom stereocenters. The highest BCUT2D eigenvalue weighted by atomic mass is 15.1. The van der Waals surface area contributed by atoms with Crippen molar-refractivity contribution in [2.45, 2.75) is 65.7 Å². The Kier molecular flexibility index (Phi) is 10.4. The van der Waals surface area contributed by atoms with Crippen LogP contribution in [0.15, 0.2) is 0 Å². The van der Waals surface area contributed by atoms with Crippen molar-refractivity contribution in [2.24, 2.45) is 5.92 Å². The molecule has 0 aromatic carbocycles. The first-order valence-corrected chi connectivity index (χ1v) is 6.85. The van der Waals surface area contributed by atoms with Crippen molar-refractivity contribution in [1.29, 1.82) is 0 Å². The van der Waals surface area contributed by atoms with E-state index in [-0.39, 0.29) is 0 Å². The SMILES string of the molecule is CCCCCCCCCN(C)CC(C)C. The van der Waals surface area contributed by atoms with Gasteiger partial charge in [-0.3, -0.25) is 0 Å². The molecule has 0 atom stereocenters. The van der Waals surface area contributed by atoms with E-state index in [0.717, 1.165) is 5.92 Å². The fraction of sp³-hybridized carbons (Fsp3) is 1.00. The fourth-order valence-corrected chi connectivity index (χ4v) is 2.05. The van der Waals surface area contributed by atoms with Crippen LogP contribution in [0.2, 0.25) is 0 Å². The second-order valence-corrected chi connectivity index (χ2v) is 5.28.